The van der Waals surface area contributed by atoms with Crippen LogP contribution in [0, 0.1) is 5.92 Å². The minimum absolute atomic E-state index is 0.186. The Kier molecular flexibility index (Phi) is 9.65. The maximum absolute atomic E-state index is 11.5. The molecule has 0 spiro atoms. The fourth-order valence-corrected chi connectivity index (χ4v) is 1.68. The zero-order valence-electron chi connectivity index (χ0n) is 10.6. The molecule has 0 saturated carbocycles. The number of unbranched alkanes of at least 4 members (excludes halogenated alkanes) is 4. The average molecular weight is 213 g/mol. The summed E-state index contributed by atoms with van der Waals surface area (Å²) in [5.74, 6) is 0.415. The van der Waals surface area contributed by atoms with Gasteiger partial charge >= 0.3 is 0 Å². The largest absolute Gasteiger partial charge is 0.356 e. The number of carbonyl (C=O) groups excluding carboxylic acids is 1. The summed E-state index contributed by atoms with van der Waals surface area (Å²) in [6.45, 7) is 7.20. The van der Waals surface area contributed by atoms with Gasteiger partial charge in [-0.2, -0.15) is 0 Å². The van der Waals surface area contributed by atoms with Crippen molar-refractivity contribution >= 4 is 5.91 Å². The highest BCUT2D eigenvalue weighted by molar-refractivity contribution is 5.78. The zero-order valence-corrected chi connectivity index (χ0v) is 10.6. The summed E-state index contributed by atoms with van der Waals surface area (Å²) >= 11 is 0. The third-order valence-corrected chi connectivity index (χ3v) is 2.75. The molecule has 2 nitrogen and oxygen atoms in total. The highest BCUT2D eigenvalue weighted by atomic mass is 16.1. The minimum Gasteiger partial charge on any atom is -0.356 e. The van der Waals surface area contributed by atoms with Crippen molar-refractivity contribution in [2.45, 2.75) is 65.7 Å². The van der Waals surface area contributed by atoms with Gasteiger partial charge in [0.05, 0.1) is 0 Å². The Morgan fingerprint density at radius 1 is 1.07 bits per heavy atom. The predicted octanol–water partition coefficient (Wildman–Crippen LogP) is 3.51. The summed E-state index contributed by atoms with van der Waals surface area (Å²) in [6, 6.07) is 0. The molecule has 0 rings (SSSR count). The fraction of sp³-hybridized carbons (Fsp3) is 0.923. The molecule has 1 atom stereocenters. The van der Waals surface area contributed by atoms with Gasteiger partial charge in [-0.25, -0.2) is 0 Å². The molecule has 1 N–H and O–H groups in total. The highest BCUT2D eigenvalue weighted by Gasteiger charge is 2.09. The van der Waals surface area contributed by atoms with E-state index in [-0.39, 0.29) is 11.8 Å². The normalized spacial score (nSPS) is 12.5. The first-order valence-electron chi connectivity index (χ1n) is 6.50. The van der Waals surface area contributed by atoms with Gasteiger partial charge in [0.2, 0.25) is 5.91 Å². The van der Waals surface area contributed by atoms with Crippen LogP contribution in [0.3, 0.4) is 0 Å². The molecule has 15 heavy (non-hydrogen) atoms. The molecular weight excluding hydrogens is 186 g/mol. The predicted molar refractivity (Wildman–Crippen MR) is 65.8 cm³/mol. The molecule has 0 heterocycles. The third kappa shape index (κ3) is 8.46. The molecule has 0 aliphatic rings. The van der Waals surface area contributed by atoms with Gasteiger partial charge in [0.1, 0.15) is 0 Å². The third-order valence-electron chi connectivity index (χ3n) is 2.75. The van der Waals surface area contributed by atoms with Gasteiger partial charge in [0.25, 0.3) is 0 Å². The van der Waals surface area contributed by atoms with Crippen molar-refractivity contribution in [1.82, 2.24) is 5.32 Å². The van der Waals surface area contributed by atoms with Crippen LogP contribution in [-0.4, -0.2) is 12.5 Å². The van der Waals surface area contributed by atoms with Crippen molar-refractivity contribution in [2.75, 3.05) is 6.54 Å². The summed E-state index contributed by atoms with van der Waals surface area (Å²) in [6.07, 6.45) is 8.37. The summed E-state index contributed by atoms with van der Waals surface area (Å²) in [4.78, 5) is 11.5. The lowest BCUT2D eigenvalue weighted by Gasteiger charge is -2.10. The monoisotopic (exact) mass is 213 g/mol. The topological polar surface area (TPSA) is 29.1 Å². The quantitative estimate of drug-likeness (QED) is 0.583. The molecule has 0 radical (unpaired) electrons. The van der Waals surface area contributed by atoms with Gasteiger partial charge in [-0.1, -0.05) is 52.9 Å². The Bertz CT molecular complexity index is 157. The highest BCUT2D eigenvalue weighted by Crippen LogP contribution is 2.05. The average Bonchev–Trinajstić information content (AvgIpc) is 2.23. The lowest BCUT2D eigenvalue weighted by atomic mass is 10.1. The van der Waals surface area contributed by atoms with Gasteiger partial charge in [0, 0.05) is 12.5 Å². The maximum atomic E-state index is 11.5. The fourth-order valence-electron chi connectivity index (χ4n) is 1.68. The Morgan fingerprint density at radius 2 is 1.73 bits per heavy atom. The Balaban J connectivity index is 3.30. The molecular formula is C13H27NO. The molecule has 90 valence electrons. The molecule has 1 unspecified atom stereocenters. The Hall–Kier alpha value is -0.530. The van der Waals surface area contributed by atoms with E-state index in [9.17, 15) is 4.79 Å². The molecule has 0 aromatic carbocycles. The molecule has 2 heteroatoms. The van der Waals surface area contributed by atoms with Crippen LogP contribution in [0.4, 0.5) is 0 Å². The lowest BCUT2D eigenvalue weighted by Crippen LogP contribution is -2.29. The van der Waals surface area contributed by atoms with E-state index >= 15 is 0 Å². The molecule has 0 fully saturated rings. The molecule has 0 bridgehead atoms. The standard InChI is InChI=1S/C13H27NO/c1-4-6-7-8-9-11-14-13(15)12(3)10-5-2/h12H,4-11H2,1-3H3,(H,14,15). The van der Waals surface area contributed by atoms with Crippen LogP contribution in [0.1, 0.15) is 65.7 Å². The summed E-state index contributed by atoms with van der Waals surface area (Å²) < 4.78 is 0. The van der Waals surface area contributed by atoms with Gasteiger partial charge < -0.3 is 5.32 Å². The number of amides is 1. The van der Waals surface area contributed by atoms with Crippen LogP contribution < -0.4 is 5.32 Å². The van der Waals surface area contributed by atoms with Gasteiger partial charge in [-0.3, -0.25) is 4.79 Å². The van der Waals surface area contributed by atoms with Gasteiger partial charge in [-0.05, 0) is 12.8 Å². The minimum atomic E-state index is 0.186. The molecule has 0 aliphatic heterocycles. The number of hydrogen-bond acceptors (Lipinski definition) is 1. The smallest absolute Gasteiger partial charge is 0.222 e. The van der Waals surface area contributed by atoms with E-state index in [0.717, 1.165) is 25.8 Å². The number of carbonyl (C=O) groups is 1. The van der Waals surface area contributed by atoms with Crippen molar-refractivity contribution in [2.24, 2.45) is 5.92 Å². The molecule has 0 saturated heterocycles. The second kappa shape index (κ2) is 10.0. The van der Waals surface area contributed by atoms with Crippen LogP contribution in [-0.2, 0) is 4.79 Å². The van der Waals surface area contributed by atoms with Gasteiger partial charge in [-0.15, -0.1) is 0 Å². The SMILES string of the molecule is CCCCCCCNC(=O)C(C)CCC. The van der Waals surface area contributed by atoms with Crippen LogP contribution in [0.25, 0.3) is 0 Å². The van der Waals surface area contributed by atoms with Crippen LogP contribution in [0.15, 0.2) is 0 Å². The van der Waals surface area contributed by atoms with Crippen molar-refractivity contribution < 1.29 is 4.79 Å². The number of hydrogen-bond donors (Lipinski definition) is 1. The van der Waals surface area contributed by atoms with Crippen molar-refractivity contribution in [3.63, 3.8) is 0 Å². The van der Waals surface area contributed by atoms with Crippen molar-refractivity contribution in [3.05, 3.63) is 0 Å². The first kappa shape index (κ1) is 14.5. The molecule has 0 aliphatic carbocycles. The van der Waals surface area contributed by atoms with E-state index in [1.165, 1.54) is 25.7 Å². The number of nitrogens with one attached hydrogen (secondary N) is 1. The van der Waals surface area contributed by atoms with Crippen LogP contribution in [0.5, 0.6) is 0 Å². The molecule has 0 aromatic rings. The Labute approximate surface area is 94.8 Å². The van der Waals surface area contributed by atoms with E-state index in [1.54, 1.807) is 0 Å². The summed E-state index contributed by atoms with van der Waals surface area (Å²) in [5.41, 5.74) is 0. The van der Waals surface area contributed by atoms with Crippen LogP contribution in [0.2, 0.25) is 0 Å². The zero-order chi connectivity index (χ0) is 11.5. The van der Waals surface area contributed by atoms with E-state index in [4.69, 9.17) is 0 Å². The lowest BCUT2D eigenvalue weighted by molar-refractivity contribution is -0.124. The molecule has 0 aromatic heterocycles. The van der Waals surface area contributed by atoms with Crippen molar-refractivity contribution in [3.8, 4) is 0 Å². The first-order chi connectivity index (χ1) is 7.22. The first-order valence-corrected chi connectivity index (χ1v) is 6.50. The Morgan fingerprint density at radius 3 is 2.33 bits per heavy atom. The second-order valence-corrected chi connectivity index (χ2v) is 4.39. The van der Waals surface area contributed by atoms with Gasteiger partial charge in [0.15, 0.2) is 0 Å². The van der Waals surface area contributed by atoms with Crippen LogP contribution >= 0.6 is 0 Å². The summed E-state index contributed by atoms with van der Waals surface area (Å²) in [5, 5.41) is 3.01. The van der Waals surface area contributed by atoms with E-state index in [1.807, 2.05) is 6.92 Å². The maximum Gasteiger partial charge on any atom is 0.222 e. The summed E-state index contributed by atoms with van der Waals surface area (Å²) in [7, 11) is 0. The van der Waals surface area contributed by atoms with E-state index in [0.29, 0.717) is 0 Å². The van der Waals surface area contributed by atoms with E-state index in [2.05, 4.69) is 19.2 Å². The second-order valence-electron chi connectivity index (χ2n) is 4.39. The number of rotatable bonds is 9. The molecule has 1 amide bonds. The van der Waals surface area contributed by atoms with Crippen molar-refractivity contribution in [1.29, 1.82) is 0 Å². The van der Waals surface area contributed by atoms with E-state index < -0.39 is 0 Å².